The fourth-order valence-electron chi connectivity index (χ4n) is 4.96. The van der Waals surface area contributed by atoms with Crippen LogP contribution in [0.2, 0.25) is 0 Å². The van der Waals surface area contributed by atoms with Crippen molar-refractivity contribution in [1.29, 1.82) is 5.26 Å². The number of aliphatic hydroxyl groups is 1. The molecule has 2 aromatic rings. The van der Waals surface area contributed by atoms with Crippen LogP contribution in [0.5, 0.6) is 5.75 Å². The Hall–Kier alpha value is -3.39. The number of amides is 1. The quantitative estimate of drug-likeness (QED) is 0.534. The van der Waals surface area contributed by atoms with Crippen LogP contribution in [0.25, 0.3) is 0 Å². The molecule has 9 nitrogen and oxygen atoms in total. The van der Waals surface area contributed by atoms with E-state index >= 15 is 0 Å². The van der Waals surface area contributed by atoms with Crippen molar-refractivity contribution >= 4 is 11.8 Å². The van der Waals surface area contributed by atoms with Crippen molar-refractivity contribution in [2.24, 2.45) is 5.41 Å². The number of benzene rings is 2. The molecule has 0 saturated carbocycles. The molecule has 0 unspecified atom stereocenters. The molecule has 1 N–H and O–H groups in total. The summed E-state index contributed by atoms with van der Waals surface area (Å²) in [5.41, 5.74) is 1.20. The second kappa shape index (κ2) is 12.4. The van der Waals surface area contributed by atoms with Gasteiger partial charge in [-0.2, -0.15) is 5.26 Å². The molecule has 2 aromatic carbocycles. The number of rotatable bonds is 7. The molecule has 216 valence electrons. The standard InChI is InChI=1S/C30H38FN3O6/c1-29(2,3)40-28(36)33-13-11-30(12-14-33)19-38-27(39-20-30)25(35)18-34(23-8-5-21(16-32)6-9-23)17-22-7-10-26(37-4)24(31)15-22/h5-10,15,25,27,35H,11-14,17-20H2,1-4H3/t25-/m0/s1. The van der Waals surface area contributed by atoms with Gasteiger partial charge in [-0.3, -0.25) is 0 Å². The van der Waals surface area contributed by atoms with Crippen LogP contribution < -0.4 is 9.64 Å². The van der Waals surface area contributed by atoms with Crippen LogP contribution in [0.3, 0.4) is 0 Å². The van der Waals surface area contributed by atoms with Gasteiger partial charge >= 0.3 is 6.09 Å². The van der Waals surface area contributed by atoms with Crippen LogP contribution in [-0.2, 0) is 20.8 Å². The molecule has 0 aliphatic carbocycles. The summed E-state index contributed by atoms with van der Waals surface area (Å²) in [5.74, 6) is -0.314. The van der Waals surface area contributed by atoms with Crippen molar-refractivity contribution in [3.8, 4) is 11.8 Å². The summed E-state index contributed by atoms with van der Waals surface area (Å²) in [6, 6.07) is 13.8. The number of hydrogen-bond donors (Lipinski definition) is 1. The highest BCUT2D eigenvalue weighted by Gasteiger charge is 2.43. The highest BCUT2D eigenvalue weighted by molar-refractivity contribution is 5.68. The summed E-state index contributed by atoms with van der Waals surface area (Å²) in [6.07, 6.45) is -0.695. The van der Waals surface area contributed by atoms with Crippen molar-refractivity contribution in [3.05, 3.63) is 59.4 Å². The SMILES string of the molecule is COc1ccc(CN(C[C@H](O)C2OCC3(CCN(C(=O)OC(C)(C)C)CC3)CO2)c2ccc(C#N)cc2)cc1F. The third-order valence-electron chi connectivity index (χ3n) is 7.26. The minimum absolute atomic E-state index is 0.156. The molecule has 0 radical (unpaired) electrons. The number of carbonyl (C=O) groups excluding carboxylic acids is 1. The normalized spacial score (nSPS) is 18.2. The van der Waals surface area contributed by atoms with Crippen molar-refractivity contribution in [2.45, 2.75) is 58.2 Å². The molecule has 1 amide bonds. The molecule has 0 aromatic heterocycles. The summed E-state index contributed by atoms with van der Waals surface area (Å²) in [6.45, 7) is 7.95. The predicted octanol–water partition coefficient (Wildman–Crippen LogP) is 4.46. The number of aliphatic hydroxyl groups excluding tert-OH is 1. The van der Waals surface area contributed by atoms with E-state index in [9.17, 15) is 19.6 Å². The topological polar surface area (TPSA) is 104 Å². The van der Waals surface area contributed by atoms with Gasteiger partial charge in [-0.25, -0.2) is 9.18 Å². The maximum absolute atomic E-state index is 14.4. The molecule has 1 atom stereocenters. The van der Waals surface area contributed by atoms with Gasteiger partial charge in [0.25, 0.3) is 0 Å². The molecule has 10 heteroatoms. The molecule has 4 rings (SSSR count). The molecule has 2 aliphatic rings. The van der Waals surface area contributed by atoms with E-state index in [1.165, 1.54) is 13.2 Å². The molecule has 2 fully saturated rings. The number of carbonyl (C=O) groups is 1. The molecule has 2 aliphatic heterocycles. The highest BCUT2D eigenvalue weighted by atomic mass is 19.1. The second-order valence-electron chi connectivity index (χ2n) is 11.5. The average Bonchev–Trinajstić information content (AvgIpc) is 2.92. The predicted molar refractivity (Wildman–Crippen MR) is 146 cm³/mol. The Balaban J connectivity index is 1.37. The number of ether oxygens (including phenoxy) is 4. The van der Waals surface area contributed by atoms with Gasteiger partial charge in [0.05, 0.1) is 32.0 Å². The lowest BCUT2D eigenvalue weighted by molar-refractivity contribution is -0.266. The van der Waals surface area contributed by atoms with Crippen molar-refractivity contribution < 1.29 is 33.2 Å². The molecule has 0 bridgehead atoms. The lowest BCUT2D eigenvalue weighted by Gasteiger charge is -2.46. The van der Waals surface area contributed by atoms with Gasteiger partial charge < -0.3 is 33.9 Å². The fourth-order valence-corrected chi connectivity index (χ4v) is 4.96. The smallest absolute Gasteiger partial charge is 0.410 e. The number of nitrogens with zero attached hydrogens (tertiary/aromatic N) is 3. The minimum atomic E-state index is -0.988. The Labute approximate surface area is 235 Å². The molecular formula is C30H38FN3O6. The average molecular weight is 556 g/mol. The van der Waals surface area contributed by atoms with E-state index in [4.69, 9.17) is 18.9 Å². The van der Waals surface area contributed by atoms with E-state index in [0.717, 1.165) is 18.5 Å². The second-order valence-corrected chi connectivity index (χ2v) is 11.5. The number of hydrogen-bond acceptors (Lipinski definition) is 8. The van der Waals surface area contributed by atoms with E-state index in [0.29, 0.717) is 44.0 Å². The third kappa shape index (κ3) is 7.42. The summed E-state index contributed by atoms with van der Waals surface area (Å²) < 4.78 is 36.9. The number of anilines is 1. The number of likely N-dealkylation sites (tertiary alicyclic amines) is 1. The maximum atomic E-state index is 14.4. The van der Waals surface area contributed by atoms with Gasteiger partial charge in [0.2, 0.25) is 0 Å². The Morgan fingerprint density at radius 1 is 1.20 bits per heavy atom. The first-order chi connectivity index (χ1) is 19.0. The summed E-state index contributed by atoms with van der Waals surface area (Å²) in [4.78, 5) is 16.0. The summed E-state index contributed by atoms with van der Waals surface area (Å²) >= 11 is 0. The van der Waals surface area contributed by atoms with Crippen LogP contribution >= 0.6 is 0 Å². The first-order valence-electron chi connectivity index (χ1n) is 13.5. The largest absolute Gasteiger partial charge is 0.494 e. The lowest BCUT2D eigenvalue weighted by atomic mass is 9.79. The van der Waals surface area contributed by atoms with Crippen molar-refractivity contribution in [2.75, 3.05) is 44.9 Å². The van der Waals surface area contributed by atoms with E-state index in [-0.39, 0.29) is 23.8 Å². The Kier molecular flexibility index (Phi) is 9.19. The van der Waals surface area contributed by atoms with Crippen LogP contribution in [-0.4, -0.2) is 74.1 Å². The number of halogens is 1. The first-order valence-corrected chi connectivity index (χ1v) is 13.5. The van der Waals surface area contributed by atoms with Gasteiger partial charge in [-0.15, -0.1) is 0 Å². The zero-order valence-corrected chi connectivity index (χ0v) is 23.6. The number of nitriles is 1. The van der Waals surface area contributed by atoms with Gasteiger partial charge in [0.1, 0.15) is 11.7 Å². The Morgan fingerprint density at radius 3 is 2.40 bits per heavy atom. The molecular weight excluding hydrogens is 517 g/mol. The van der Waals surface area contributed by atoms with Gasteiger partial charge in [0, 0.05) is 37.3 Å². The van der Waals surface area contributed by atoms with E-state index < -0.39 is 23.8 Å². The number of methoxy groups -OCH3 is 1. The van der Waals surface area contributed by atoms with Crippen LogP contribution in [0.4, 0.5) is 14.9 Å². The summed E-state index contributed by atoms with van der Waals surface area (Å²) in [5, 5.41) is 20.3. The van der Waals surface area contributed by atoms with Gasteiger partial charge in [-0.1, -0.05) is 6.07 Å². The zero-order valence-electron chi connectivity index (χ0n) is 23.6. The molecule has 2 heterocycles. The van der Waals surface area contributed by atoms with Crippen molar-refractivity contribution in [3.63, 3.8) is 0 Å². The summed E-state index contributed by atoms with van der Waals surface area (Å²) in [7, 11) is 1.41. The Bertz CT molecular complexity index is 1190. The van der Waals surface area contributed by atoms with Gasteiger partial charge in [-0.05, 0) is 75.6 Å². The van der Waals surface area contributed by atoms with Crippen LogP contribution in [0.1, 0.15) is 44.7 Å². The Morgan fingerprint density at radius 2 is 1.85 bits per heavy atom. The van der Waals surface area contributed by atoms with E-state index in [1.807, 2.05) is 25.7 Å². The van der Waals surface area contributed by atoms with E-state index in [1.54, 1.807) is 41.3 Å². The van der Waals surface area contributed by atoms with Crippen LogP contribution in [0, 0.1) is 22.6 Å². The van der Waals surface area contributed by atoms with Crippen molar-refractivity contribution in [1.82, 2.24) is 4.90 Å². The lowest BCUT2D eigenvalue weighted by Crippen LogP contribution is -2.54. The highest BCUT2D eigenvalue weighted by Crippen LogP contribution is 2.37. The zero-order chi connectivity index (χ0) is 28.9. The molecule has 1 spiro atoms. The molecule has 40 heavy (non-hydrogen) atoms. The number of piperidine rings is 1. The third-order valence-corrected chi connectivity index (χ3v) is 7.26. The fraction of sp³-hybridized carbons (Fsp3) is 0.533. The minimum Gasteiger partial charge on any atom is -0.494 e. The monoisotopic (exact) mass is 555 g/mol. The maximum Gasteiger partial charge on any atom is 0.410 e. The first kappa shape index (κ1) is 29.6. The van der Waals surface area contributed by atoms with E-state index in [2.05, 4.69) is 6.07 Å². The molecule has 2 saturated heterocycles. The van der Waals surface area contributed by atoms with Crippen LogP contribution in [0.15, 0.2) is 42.5 Å². The van der Waals surface area contributed by atoms with Gasteiger partial charge in [0.15, 0.2) is 17.9 Å².